The van der Waals surface area contributed by atoms with Crippen molar-refractivity contribution in [2.75, 3.05) is 18.9 Å². The molecule has 0 unspecified atom stereocenters. The molecule has 0 saturated carbocycles. The van der Waals surface area contributed by atoms with E-state index in [2.05, 4.69) is 12.2 Å². The molecule has 0 aliphatic heterocycles. The van der Waals surface area contributed by atoms with Crippen LogP contribution in [0.25, 0.3) is 0 Å². The summed E-state index contributed by atoms with van der Waals surface area (Å²) in [6.07, 6.45) is 1.83. The number of nitrogens with one attached hydrogen (secondary N) is 1. The van der Waals surface area contributed by atoms with Gasteiger partial charge in [0.25, 0.3) is 0 Å². The Morgan fingerprint density at radius 3 is 2.47 bits per heavy atom. The van der Waals surface area contributed by atoms with E-state index >= 15 is 0 Å². The van der Waals surface area contributed by atoms with E-state index < -0.39 is 0 Å². The standard InChI is InChI=1S/C14H19ClN2O2/c1-3-4-9-17(2)14(19)10-13(18)16-12-7-5-11(15)6-8-12/h5-8H,3-4,9-10H2,1-2H3,(H,16,18). The topological polar surface area (TPSA) is 49.4 Å². The highest BCUT2D eigenvalue weighted by atomic mass is 35.5. The van der Waals surface area contributed by atoms with Crippen molar-refractivity contribution in [2.24, 2.45) is 0 Å². The van der Waals surface area contributed by atoms with Gasteiger partial charge in [-0.3, -0.25) is 9.59 Å². The first-order valence-electron chi connectivity index (χ1n) is 6.32. The Labute approximate surface area is 118 Å². The molecule has 19 heavy (non-hydrogen) atoms. The van der Waals surface area contributed by atoms with Crippen molar-refractivity contribution in [3.05, 3.63) is 29.3 Å². The van der Waals surface area contributed by atoms with E-state index in [1.807, 2.05) is 0 Å². The van der Waals surface area contributed by atoms with Crippen molar-refractivity contribution in [3.63, 3.8) is 0 Å². The van der Waals surface area contributed by atoms with Crippen LogP contribution in [0.2, 0.25) is 5.02 Å². The Bertz CT molecular complexity index is 432. The molecule has 0 aliphatic carbocycles. The van der Waals surface area contributed by atoms with Crippen LogP contribution in [0.5, 0.6) is 0 Å². The Balaban J connectivity index is 2.42. The van der Waals surface area contributed by atoms with Crippen LogP contribution in [0.15, 0.2) is 24.3 Å². The molecule has 0 radical (unpaired) electrons. The van der Waals surface area contributed by atoms with Gasteiger partial charge in [0, 0.05) is 24.3 Å². The zero-order valence-electron chi connectivity index (χ0n) is 11.3. The van der Waals surface area contributed by atoms with Crippen LogP contribution in [-0.2, 0) is 9.59 Å². The average molecular weight is 283 g/mol. The average Bonchev–Trinajstić information content (AvgIpc) is 2.38. The minimum absolute atomic E-state index is 0.136. The molecule has 0 aliphatic rings. The number of hydrogen-bond donors (Lipinski definition) is 1. The molecule has 0 spiro atoms. The summed E-state index contributed by atoms with van der Waals surface area (Å²) in [4.78, 5) is 25.0. The molecule has 1 aromatic carbocycles. The van der Waals surface area contributed by atoms with Crippen LogP contribution < -0.4 is 5.32 Å². The fraction of sp³-hybridized carbons (Fsp3) is 0.429. The summed E-state index contributed by atoms with van der Waals surface area (Å²) in [5, 5.41) is 3.27. The van der Waals surface area contributed by atoms with E-state index in [1.54, 1.807) is 36.2 Å². The van der Waals surface area contributed by atoms with E-state index in [4.69, 9.17) is 11.6 Å². The third-order valence-corrected chi connectivity index (χ3v) is 2.96. The molecule has 0 aromatic heterocycles. The number of hydrogen-bond acceptors (Lipinski definition) is 2. The number of carbonyl (C=O) groups excluding carboxylic acids is 2. The first-order valence-corrected chi connectivity index (χ1v) is 6.70. The highest BCUT2D eigenvalue weighted by Gasteiger charge is 2.13. The lowest BCUT2D eigenvalue weighted by molar-refractivity contribution is -0.133. The zero-order valence-corrected chi connectivity index (χ0v) is 12.0. The summed E-state index contributed by atoms with van der Waals surface area (Å²) in [6.45, 7) is 2.75. The van der Waals surface area contributed by atoms with Gasteiger partial charge in [-0.15, -0.1) is 0 Å². The minimum atomic E-state index is -0.310. The quantitative estimate of drug-likeness (QED) is 0.816. The molecule has 5 heteroatoms. The number of amides is 2. The number of carbonyl (C=O) groups is 2. The van der Waals surface area contributed by atoms with E-state index in [0.717, 1.165) is 12.8 Å². The van der Waals surface area contributed by atoms with E-state index in [9.17, 15) is 9.59 Å². The lowest BCUT2D eigenvalue weighted by Gasteiger charge is -2.16. The number of nitrogens with zero attached hydrogens (tertiary/aromatic N) is 1. The molecule has 0 fully saturated rings. The van der Waals surface area contributed by atoms with Gasteiger partial charge in [0.15, 0.2) is 0 Å². The van der Waals surface area contributed by atoms with Crippen LogP contribution in [0, 0.1) is 0 Å². The van der Waals surface area contributed by atoms with Crippen LogP contribution in [0.1, 0.15) is 26.2 Å². The molecule has 1 rings (SSSR count). The number of anilines is 1. The molecule has 0 atom stereocenters. The van der Waals surface area contributed by atoms with Crippen molar-refractivity contribution >= 4 is 29.1 Å². The van der Waals surface area contributed by atoms with Gasteiger partial charge in [0.1, 0.15) is 6.42 Å². The Hall–Kier alpha value is -1.55. The molecule has 0 bridgehead atoms. The van der Waals surface area contributed by atoms with Gasteiger partial charge in [-0.2, -0.15) is 0 Å². The SMILES string of the molecule is CCCCN(C)C(=O)CC(=O)Nc1ccc(Cl)cc1. The molecular weight excluding hydrogens is 264 g/mol. The predicted molar refractivity (Wildman–Crippen MR) is 77.2 cm³/mol. The Kier molecular flexibility index (Phi) is 6.36. The fourth-order valence-electron chi connectivity index (χ4n) is 1.53. The lowest BCUT2D eigenvalue weighted by Crippen LogP contribution is -2.31. The van der Waals surface area contributed by atoms with Crippen molar-refractivity contribution in [2.45, 2.75) is 26.2 Å². The summed E-state index contributed by atoms with van der Waals surface area (Å²) in [7, 11) is 1.72. The molecule has 0 saturated heterocycles. The van der Waals surface area contributed by atoms with Crippen LogP contribution >= 0.6 is 11.6 Å². The van der Waals surface area contributed by atoms with Gasteiger partial charge in [-0.05, 0) is 30.7 Å². The lowest BCUT2D eigenvalue weighted by atomic mass is 10.2. The molecule has 4 nitrogen and oxygen atoms in total. The number of rotatable bonds is 6. The Morgan fingerprint density at radius 2 is 1.89 bits per heavy atom. The van der Waals surface area contributed by atoms with Crippen molar-refractivity contribution < 1.29 is 9.59 Å². The highest BCUT2D eigenvalue weighted by molar-refractivity contribution is 6.30. The van der Waals surface area contributed by atoms with Gasteiger partial charge in [0.2, 0.25) is 11.8 Å². The van der Waals surface area contributed by atoms with Crippen LogP contribution in [0.4, 0.5) is 5.69 Å². The van der Waals surface area contributed by atoms with Crippen LogP contribution in [-0.4, -0.2) is 30.3 Å². The predicted octanol–water partition coefficient (Wildman–Crippen LogP) is 2.93. The molecular formula is C14H19ClN2O2. The van der Waals surface area contributed by atoms with Gasteiger partial charge >= 0.3 is 0 Å². The summed E-state index contributed by atoms with van der Waals surface area (Å²) in [5.41, 5.74) is 0.637. The first kappa shape index (κ1) is 15.5. The second-order valence-electron chi connectivity index (χ2n) is 4.40. The van der Waals surface area contributed by atoms with Gasteiger partial charge < -0.3 is 10.2 Å². The van der Waals surface area contributed by atoms with E-state index in [-0.39, 0.29) is 18.2 Å². The van der Waals surface area contributed by atoms with Crippen LogP contribution in [0.3, 0.4) is 0 Å². The van der Waals surface area contributed by atoms with Gasteiger partial charge in [-0.1, -0.05) is 24.9 Å². The summed E-state index contributed by atoms with van der Waals surface area (Å²) >= 11 is 5.75. The summed E-state index contributed by atoms with van der Waals surface area (Å²) < 4.78 is 0. The van der Waals surface area contributed by atoms with Gasteiger partial charge in [0.05, 0.1) is 0 Å². The maximum absolute atomic E-state index is 11.7. The maximum atomic E-state index is 11.7. The molecule has 1 N–H and O–H groups in total. The maximum Gasteiger partial charge on any atom is 0.233 e. The number of unbranched alkanes of at least 4 members (excludes halogenated alkanes) is 1. The molecule has 2 amide bonds. The third-order valence-electron chi connectivity index (χ3n) is 2.71. The largest absolute Gasteiger partial charge is 0.345 e. The van der Waals surface area contributed by atoms with E-state index in [0.29, 0.717) is 17.3 Å². The molecule has 104 valence electrons. The Morgan fingerprint density at radius 1 is 1.26 bits per heavy atom. The third kappa shape index (κ3) is 5.75. The molecule has 0 heterocycles. The molecule has 1 aromatic rings. The van der Waals surface area contributed by atoms with Crippen molar-refractivity contribution in [1.29, 1.82) is 0 Å². The first-order chi connectivity index (χ1) is 9.02. The van der Waals surface area contributed by atoms with E-state index in [1.165, 1.54) is 0 Å². The fourth-order valence-corrected chi connectivity index (χ4v) is 1.66. The summed E-state index contributed by atoms with van der Waals surface area (Å²) in [6, 6.07) is 6.77. The normalized spacial score (nSPS) is 10.1. The number of halogens is 1. The second kappa shape index (κ2) is 7.79. The summed E-state index contributed by atoms with van der Waals surface area (Å²) in [5.74, 6) is -0.476. The highest BCUT2D eigenvalue weighted by Crippen LogP contribution is 2.13. The smallest absolute Gasteiger partial charge is 0.233 e. The van der Waals surface area contributed by atoms with Crippen molar-refractivity contribution in [3.8, 4) is 0 Å². The second-order valence-corrected chi connectivity index (χ2v) is 4.84. The monoisotopic (exact) mass is 282 g/mol. The number of benzene rings is 1. The zero-order chi connectivity index (χ0) is 14.3. The van der Waals surface area contributed by atoms with Gasteiger partial charge in [-0.25, -0.2) is 0 Å². The minimum Gasteiger partial charge on any atom is -0.345 e. The van der Waals surface area contributed by atoms with Crippen molar-refractivity contribution in [1.82, 2.24) is 4.90 Å².